The van der Waals surface area contributed by atoms with E-state index in [4.69, 9.17) is 0 Å². The quantitative estimate of drug-likeness (QED) is 0.614. The van der Waals surface area contributed by atoms with Gasteiger partial charge in [0.2, 0.25) is 5.82 Å². The molecule has 2 saturated carbocycles. The third-order valence-corrected chi connectivity index (χ3v) is 5.53. The largest absolute Gasteiger partial charge is 0.358 e. The predicted molar refractivity (Wildman–Crippen MR) is 71.9 cm³/mol. The van der Waals surface area contributed by atoms with Crippen LogP contribution in [0.2, 0.25) is 0 Å². The van der Waals surface area contributed by atoms with Crippen LogP contribution in [0.25, 0.3) is 0 Å². The highest BCUT2D eigenvalue weighted by Crippen LogP contribution is 2.56. The highest BCUT2D eigenvalue weighted by Gasteiger charge is 2.65. The minimum Gasteiger partial charge on any atom is -0.358 e. The van der Waals surface area contributed by atoms with Gasteiger partial charge in [-0.1, -0.05) is 5.22 Å². The maximum absolute atomic E-state index is 10.9. The average Bonchev–Trinajstić information content (AvgIpc) is 3.12. The number of hydrogen-bond donors (Lipinski definition) is 0. The molecule has 2 aliphatic heterocycles. The van der Waals surface area contributed by atoms with E-state index in [9.17, 15) is 10.1 Å². The van der Waals surface area contributed by atoms with Gasteiger partial charge in [-0.05, 0) is 11.3 Å². The van der Waals surface area contributed by atoms with Crippen LogP contribution in [0.4, 0.5) is 5.82 Å². The van der Waals surface area contributed by atoms with Crippen LogP contribution in [0.5, 0.6) is 0 Å². The molecule has 22 heavy (non-hydrogen) atoms. The number of nitrogens with zero attached hydrogens (tertiary/aromatic N) is 8. The first-order valence-corrected chi connectivity index (χ1v) is 7.37. The molecule has 2 fully saturated rings. The minimum atomic E-state index is -0.429. The molecule has 10 nitrogen and oxygen atoms in total. The van der Waals surface area contributed by atoms with Crippen LogP contribution in [0, 0.1) is 22.0 Å². The van der Waals surface area contributed by atoms with Crippen molar-refractivity contribution in [1.29, 1.82) is 0 Å². The molecular formula is C12H14N8O2. The van der Waals surface area contributed by atoms with Gasteiger partial charge in [0.15, 0.2) is 0 Å². The zero-order valence-corrected chi connectivity index (χ0v) is 11.8. The number of aromatic nitrogens is 2. The van der Waals surface area contributed by atoms with Gasteiger partial charge in [-0.15, -0.1) is 0 Å². The number of rotatable bonds is 3. The highest BCUT2D eigenvalue weighted by molar-refractivity contribution is 5.22. The summed E-state index contributed by atoms with van der Waals surface area (Å²) < 4.78 is 1.50. The van der Waals surface area contributed by atoms with Crippen LogP contribution >= 0.6 is 0 Å². The van der Waals surface area contributed by atoms with Crippen molar-refractivity contribution in [2.24, 2.45) is 39.4 Å². The fourth-order valence-corrected chi connectivity index (χ4v) is 4.45. The Morgan fingerprint density at radius 2 is 2.05 bits per heavy atom. The third-order valence-electron chi connectivity index (χ3n) is 5.53. The van der Waals surface area contributed by atoms with Crippen molar-refractivity contribution in [2.75, 3.05) is 0 Å². The highest BCUT2D eigenvalue weighted by atomic mass is 16.6. The van der Waals surface area contributed by atoms with Crippen molar-refractivity contribution in [3.63, 3.8) is 0 Å². The zero-order valence-electron chi connectivity index (χ0n) is 11.8. The Hall–Kier alpha value is -2.39. The Morgan fingerprint density at radius 3 is 2.73 bits per heavy atom. The lowest BCUT2D eigenvalue weighted by molar-refractivity contribution is -0.391. The molecule has 10 heteroatoms. The maximum atomic E-state index is 10.9. The molecule has 6 atom stereocenters. The van der Waals surface area contributed by atoms with E-state index in [-0.39, 0.29) is 17.9 Å². The van der Waals surface area contributed by atoms with Crippen molar-refractivity contribution in [1.82, 2.24) is 14.6 Å². The monoisotopic (exact) mass is 302 g/mol. The van der Waals surface area contributed by atoms with Crippen molar-refractivity contribution in [2.45, 2.75) is 37.1 Å². The molecule has 0 unspecified atom stereocenters. The predicted octanol–water partition coefficient (Wildman–Crippen LogP) is 1.10. The van der Waals surface area contributed by atoms with Gasteiger partial charge in [0, 0.05) is 11.8 Å². The van der Waals surface area contributed by atoms with Crippen LogP contribution in [-0.4, -0.2) is 43.7 Å². The second kappa shape index (κ2) is 3.87. The van der Waals surface area contributed by atoms with E-state index in [1.165, 1.54) is 10.8 Å². The molecule has 0 amide bonds. The molecular weight excluding hydrogens is 288 g/mol. The number of hydrogen-bond acceptors (Lipinski definition) is 8. The van der Waals surface area contributed by atoms with Crippen LogP contribution in [0.3, 0.4) is 0 Å². The van der Waals surface area contributed by atoms with E-state index >= 15 is 0 Å². The van der Waals surface area contributed by atoms with Crippen LogP contribution in [0.1, 0.15) is 12.2 Å². The second-order valence-electron chi connectivity index (χ2n) is 6.41. The Labute approximate surface area is 125 Å². The van der Waals surface area contributed by atoms with Gasteiger partial charge in [0.05, 0.1) is 13.1 Å². The standard InChI is InChI=1S/C12H14N8O2/c1-18-7(13-3-8(18)20(21)22)4-19-12-6-2-5(11(12)16-17-19)9-10(6)15-14-9/h3,5-6,9-12H,2,4H2,1H3/t5-,6+,9+,10-,11-,12+/m0/s1. The summed E-state index contributed by atoms with van der Waals surface area (Å²) >= 11 is 0. The molecule has 114 valence electrons. The van der Waals surface area contributed by atoms with Crippen molar-refractivity contribution < 1.29 is 4.92 Å². The van der Waals surface area contributed by atoms with Gasteiger partial charge in [-0.2, -0.15) is 15.3 Å². The summed E-state index contributed by atoms with van der Waals surface area (Å²) in [6, 6.07) is 1.11. The van der Waals surface area contributed by atoms with Gasteiger partial charge in [0.25, 0.3) is 0 Å². The summed E-state index contributed by atoms with van der Waals surface area (Å²) in [5.74, 6) is 1.52. The molecule has 2 aliphatic carbocycles. The number of imidazole rings is 1. The lowest BCUT2D eigenvalue weighted by atomic mass is 9.82. The molecule has 3 heterocycles. The van der Waals surface area contributed by atoms with E-state index in [0.29, 0.717) is 36.3 Å². The summed E-state index contributed by atoms with van der Waals surface area (Å²) in [4.78, 5) is 14.6. The minimum absolute atomic E-state index is 0.0107. The second-order valence-corrected chi connectivity index (χ2v) is 6.41. The van der Waals surface area contributed by atoms with E-state index in [1.54, 1.807) is 7.05 Å². The molecule has 4 aliphatic rings. The maximum Gasteiger partial charge on any atom is 0.342 e. The number of azo groups is 1. The Morgan fingerprint density at radius 1 is 1.27 bits per heavy atom. The Balaban J connectivity index is 1.40. The molecule has 5 rings (SSSR count). The van der Waals surface area contributed by atoms with Gasteiger partial charge in [0.1, 0.15) is 30.9 Å². The van der Waals surface area contributed by atoms with Crippen molar-refractivity contribution in [3.8, 4) is 0 Å². The average molecular weight is 302 g/mol. The van der Waals surface area contributed by atoms with Gasteiger partial charge in [-0.3, -0.25) is 5.01 Å². The SMILES string of the molecule is Cn1c([N+](=O)[O-])cnc1CN1N=N[C@H]2[C@H]3C[C@H]([C@@H]4N=N[C@H]34)[C@H]21. The molecule has 2 bridgehead atoms. The fourth-order valence-electron chi connectivity index (χ4n) is 4.45. The first-order chi connectivity index (χ1) is 10.6. The first-order valence-electron chi connectivity index (χ1n) is 7.37. The summed E-state index contributed by atoms with van der Waals surface area (Å²) in [6.07, 6.45) is 2.39. The zero-order chi connectivity index (χ0) is 15.0. The number of nitro groups is 1. The van der Waals surface area contributed by atoms with E-state index in [2.05, 4.69) is 25.5 Å². The number of fused-ring (bicyclic) bond motifs is 8. The van der Waals surface area contributed by atoms with Crippen molar-refractivity contribution in [3.05, 3.63) is 22.1 Å². The molecule has 0 saturated heterocycles. The lowest BCUT2D eigenvalue weighted by Gasteiger charge is -2.38. The third kappa shape index (κ3) is 1.32. The van der Waals surface area contributed by atoms with Gasteiger partial charge < -0.3 is 10.1 Å². The lowest BCUT2D eigenvalue weighted by Crippen LogP contribution is -2.51. The molecule has 1 aromatic rings. The Bertz CT molecular complexity index is 727. The normalized spacial score (nSPS) is 40.0. The van der Waals surface area contributed by atoms with E-state index < -0.39 is 4.92 Å². The Kier molecular flexibility index (Phi) is 2.14. The van der Waals surface area contributed by atoms with Crippen LogP contribution in [0.15, 0.2) is 26.8 Å². The van der Waals surface area contributed by atoms with E-state index in [1.807, 2.05) is 5.01 Å². The smallest absolute Gasteiger partial charge is 0.342 e. The van der Waals surface area contributed by atoms with Crippen molar-refractivity contribution >= 4 is 5.82 Å². The van der Waals surface area contributed by atoms with E-state index in [0.717, 1.165) is 6.42 Å². The molecule has 0 radical (unpaired) electrons. The molecule has 0 spiro atoms. The molecule has 0 N–H and O–H groups in total. The summed E-state index contributed by atoms with van der Waals surface area (Å²) in [7, 11) is 1.65. The van der Waals surface area contributed by atoms with Crippen LogP contribution in [-0.2, 0) is 13.6 Å². The summed E-state index contributed by atoms with van der Waals surface area (Å²) in [5, 5.41) is 30.1. The first kappa shape index (κ1) is 12.2. The topological polar surface area (TPSA) is 114 Å². The summed E-state index contributed by atoms with van der Waals surface area (Å²) in [6.45, 7) is 0.437. The summed E-state index contributed by atoms with van der Waals surface area (Å²) in [5.41, 5.74) is 0. The van der Waals surface area contributed by atoms with Gasteiger partial charge in [-0.25, -0.2) is 9.55 Å². The molecule has 0 aromatic carbocycles. The van der Waals surface area contributed by atoms with Crippen LogP contribution < -0.4 is 0 Å². The van der Waals surface area contributed by atoms with Gasteiger partial charge >= 0.3 is 5.82 Å². The molecule has 1 aromatic heterocycles. The fraction of sp³-hybridized carbons (Fsp3) is 0.750.